The Bertz CT molecular complexity index is 559. The van der Waals surface area contributed by atoms with Gasteiger partial charge in [0.25, 0.3) is 0 Å². The maximum Gasteiger partial charge on any atom is 0.191 e. The zero-order valence-electron chi connectivity index (χ0n) is 16.3. The van der Waals surface area contributed by atoms with Crippen LogP contribution in [0.1, 0.15) is 19.4 Å². The van der Waals surface area contributed by atoms with E-state index in [0.717, 1.165) is 44.2 Å². The van der Waals surface area contributed by atoms with Gasteiger partial charge in [0.1, 0.15) is 5.82 Å². The average Bonchev–Trinajstić information content (AvgIpc) is 2.59. The molecule has 1 saturated heterocycles. The number of benzene rings is 1. The van der Waals surface area contributed by atoms with Crippen LogP contribution < -0.4 is 10.6 Å². The minimum Gasteiger partial charge on any atom is -0.355 e. The van der Waals surface area contributed by atoms with Crippen molar-refractivity contribution in [3.63, 3.8) is 0 Å². The van der Waals surface area contributed by atoms with Gasteiger partial charge in [-0.1, -0.05) is 26.0 Å². The lowest BCUT2D eigenvalue weighted by atomic mass is 10.0. The van der Waals surface area contributed by atoms with Gasteiger partial charge in [0, 0.05) is 52.4 Å². The Balaban J connectivity index is 0.00000338. The van der Waals surface area contributed by atoms with Crippen molar-refractivity contribution in [1.29, 1.82) is 0 Å². The average molecular weight is 477 g/mol. The number of hydrogen-bond donors (Lipinski definition) is 2. The van der Waals surface area contributed by atoms with Crippen molar-refractivity contribution < 1.29 is 4.39 Å². The molecule has 148 valence electrons. The van der Waals surface area contributed by atoms with Crippen LogP contribution in [0.5, 0.6) is 0 Å². The topological polar surface area (TPSA) is 42.9 Å². The molecular weight excluding hydrogens is 444 g/mol. The number of likely N-dealkylation sites (N-methyl/N-ethyl adjacent to an activating group) is 1. The molecule has 1 aromatic rings. The van der Waals surface area contributed by atoms with Gasteiger partial charge in [-0.15, -0.1) is 24.0 Å². The first-order valence-corrected chi connectivity index (χ1v) is 9.11. The van der Waals surface area contributed by atoms with Gasteiger partial charge in [0.2, 0.25) is 0 Å². The molecule has 2 N–H and O–H groups in total. The van der Waals surface area contributed by atoms with Crippen LogP contribution in [-0.2, 0) is 6.54 Å². The Morgan fingerprint density at radius 2 is 1.88 bits per heavy atom. The summed E-state index contributed by atoms with van der Waals surface area (Å²) in [4.78, 5) is 9.23. The third-order valence-corrected chi connectivity index (χ3v) is 4.83. The lowest BCUT2D eigenvalue weighted by Gasteiger charge is -2.40. The number of nitrogens with zero attached hydrogens (tertiary/aromatic N) is 3. The highest BCUT2D eigenvalue weighted by Crippen LogP contribution is 2.12. The first kappa shape index (κ1) is 23.1. The molecule has 0 bridgehead atoms. The van der Waals surface area contributed by atoms with Crippen molar-refractivity contribution >= 4 is 29.9 Å². The van der Waals surface area contributed by atoms with Crippen molar-refractivity contribution in [3.8, 4) is 0 Å². The van der Waals surface area contributed by atoms with Gasteiger partial charge in [-0.05, 0) is 30.7 Å². The summed E-state index contributed by atoms with van der Waals surface area (Å²) in [5.74, 6) is 1.11. The Hall–Kier alpha value is -0.930. The van der Waals surface area contributed by atoms with E-state index < -0.39 is 0 Å². The highest BCUT2D eigenvalue weighted by Gasteiger charge is 2.24. The summed E-state index contributed by atoms with van der Waals surface area (Å²) in [7, 11) is 3.94. The third kappa shape index (κ3) is 7.36. The molecule has 0 saturated carbocycles. The quantitative estimate of drug-likeness (QED) is 0.375. The van der Waals surface area contributed by atoms with E-state index in [2.05, 4.69) is 46.3 Å². The SMILES string of the molecule is CN=C(NCc1cccc(F)c1)NCC(C(C)C)N1CCN(C)CC1.I. The fourth-order valence-corrected chi connectivity index (χ4v) is 3.19. The molecule has 0 aromatic heterocycles. The highest BCUT2D eigenvalue weighted by molar-refractivity contribution is 14.0. The molecule has 1 atom stereocenters. The molecule has 1 aliphatic rings. The molecule has 7 heteroatoms. The summed E-state index contributed by atoms with van der Waals surface area (Å²) in [6.45, 7) is 10.4. The van der Waals surface area contributed by atoms with Crippen LogP contribution >= 0.6 is 24.0 Å². The van der Waals surface area contributed by atoms with Gasteiger partial charge in [-0.2, -0.15) is 0 Å². The molecule has 2 rings (SSSR count). The van der Waals surface area contributed by atoms with Crippen molar-refractivity contribution in [1.82, 2.24) is 20.4 Å². The van der Waals surface area contributed by atoms with Crippen molar-refractivity contribution in [2.45, 2.75) is 26.4 Å². The van der Waals surface area contributed by atoms with Crippen molar-refractivity contribution in [2.24, 2.45) is 10.9 Å². The smallest absolute Gasteiger partial charge is 0.191 e. The molecule has 1 aromatic carbocycles. The second kappa shape index (κ2) is 11.7. The van der Waals surface area contributed by atoms with E-state index in [1.807, 2.05) is 6.07 Å². The Kier molecular flexibility index (Phi) is 10.4. The number of halogens is 2. The summed E-state index contributed by atoms with van der Waals surface area (Å²) < 4.78 is 13.3. The first-order valence-electron chi connectivity index (χ1n) is 9.11. The molecule has 0 aliphatic carbocycles. The van der Waals surface area contributed by atoms with E-state index in [4.69, 9.17) is 0 Å². The first-order chi connectivity index (χ1) is 12.0. The number of guanidine groups is 1. The third-order valence-electron chi connectivity index (χ3n) is 4.83. The van der Waals surface area contributed by atoms with Crippen LogP contribution in [0.25, 0.3) is 0 Å². The monoisotopic (exact) mass is 477 g/mol. The van der Waals surface area contributed by atoms with Gasteiger partial charge >= 0.3 is 0 Å². The number of aliphatic imine (C=N–C) groups is 1. The molecule has 1 fully saturated rings. The predicted molar refractivity (Wildman–Crippen MR) is 118 cm³/mol. The fourth-order valence-electron chi connectivity index (χ4n) is 3.19. The van der Waals surface area contributed by atoms with Gasteiger partial charge in [-0.3, -0.25) is 9.89 Å². The molecule has 1 aliphatic heterocycles. The lowest BCUT2D eigenvalue weighted by Crippen LogP contribution is -2.55. The molecule has 0 radical (unpaired) electrons. The van der Waals surface area contributed by atoms with Crippen LogP contribution in [-0.4, -0.2) is 68.6 Å². The fraction of sp³-hybridized carbons (Fsp3) is 0.632. The van der Waals surface area contributed by atoms with E-state index in [1.54, 1.807) is 19.2 Å². The highest BCUT2D eigenvalue weighted by atomic mass is 127. The molecule has 5 nitrogen and oxygen atoms in total. The molecule has 26 heavy (non-hydrogen) atoms. The number of hydrogen-bond acceptors (Lipinski definition) is 3. The zero-order chi connectivity index (χ0) is 18.2. The lowest BCUT2D eigenvalue weighted by molar-refractivity contribution is 0.0900. The summed E-state index contributed by atoms with van der Waals surface area (Å²) in [6.07, 6.45) is 0. The standard InChI is InChI=1S/C19H32FN5.HI/c1-15(2)18(25-10-8-24(4)9-11-25)14-23-19(21-3)22-13-16-6-5-7-17(20)12-16;/h5-7,12,15,18H,8-11,13-14H2,1-4H3,(H2,21,22,23);1H. The summed E-state index contributed by atoms with van der Waals surface area (Å²) in [5.41, 5.74) is 0.905. The largest absolute Gasteiger partial charge is 0.355 e. The summed E-state index contributed by atoms with van der Waals surface area (Å²) in [6, 6.07) is 7.11. The van der Waals surface area contributed by atoms with Gasteiger partial charge in [-0.25, -0.2) is 4.39 Å². The Labute approximate surface area is 174 Å². The number of piperazine rings is 1. The van der Waals surface area contributed by atoms with E-state index in [1.165, 1.54) is 6.07 Å². The van der Waals surface area contributed by atoms with Gasteiger partial charge in [0.05, 0.1) is 0 Å². The van der Waals surface area contributed by atoms with Gasteiger partial charge < -0.3 is 15.5 Å². The molecule has 1 heterocycles. The number of rotatable bonds is 6. The van der Waals surface area contributed by atoms with Crippen molar-refractivity contribution in [3.05, 3.63) is 35.6 Å². The molecule has 0 spiro atoms. The summed E-state index contributed by atoms with van der Waals surface area (Å²) in [5, 5.41) is 6.70. The second-order valence-electron chi connectivity index (χ2n) is 7.09. The zero-order valence-corrected chi connectivity index (χ0v) is 18.7. The Morgan fingerprint density at radius 1 is 1.19 bits per heavy atom. The van der Waals surface area contributed by atoms with E-state index in [-0.39, 0.29) is 29.8 Å². The Morgan fingerprint density at radius 3 is 2.46 bits per heavy atom. The van der Waals surface area contributed by atoms with Crippen LogP contribution in [0.2, 0.25) is 0 Å². The van der Waals surface area contributed by atoms with Crippen LogP contribution in [0, 0.1) is 11.7 Å². The van der Waals surface area contributed by atoms with Gasteiger partial charge in [0.15, 0.2) is 5.96 Å². The number of nitrogens with one attached hydrogen (secondary N) is 2. The second-order valence-corrected chi connectivity index (χ2v) is 7.09. The molecular formula is C19H33FIN5. The van der Waals surface area contributed by atoms with Crippen LogP contribution in [0.4, 0.5) is 4.39 Å². The predicted octanol–water partition coefficient (Wildman–Crippen LogP) is 2.38. The van der Waals surface area contributed by atoms with Crippen LogP contribution in [0.3, 0.4) is 0 Å². The van der Waals surface area contributed by atoms with E-state index in [0.29, 0.717) is 18.5 Å². The molecule has 0 amide bonds. The minimum atomic E-state index is -0.211. The maximum atomic E-state index is 13.3. The summed E-state index contributed by atoms with van der Waals surface area (Å²) >= 11 is 0. The van der Waals surface area contributed by atoms with Crippen LogP contribution in [0.15, 0.2) is 29.3 Å². The molecule has 1 unspecified atom stereocenters. The maximum absolute atomic E-state index is 13.3. The van der Waals surface area contributed by atoms with E-state index in [9.17, 15) is 4.39 Å². The van der Waals surface area contributed by atoms with Crippen molar-refractivity contribution in [2.75, 3.05) is 46.8 Å². The normalized spacial score (nSPS) is 17.7. The minimum absolute atomic E-state index is 0. The van der Waals surface area contributed by atoms with E-state index >= 15 is 0 Å².